The van der Waals surface area contributed by atoms with Crippen LogP contribution in [0.25, 0.3) is 11.1 Å². The van der Waals surface area contributed by atoms with Crippen LogP contribution in [0, 0.1) is 0 Å². The first-order valence-electron chi connectivity index (χ1n) is 7.86. The van der Waals surface area contributed by atoms with E-state index in [0.717, 1.165) is 11.1 Å². The number of carboxylic acid groups (broad SMARTS) is 1. The first-order valence-corrected chi connectivity index (χ1v) is 7.86. The maximum atomic E-state index is 12.4. The van der Waals surface area contributed by atoms with Crippen LogP contribution in [0.3, 0.4) is 0 Å². The summed E-state index contributed by atoms with van der Waals surface area (Å²) in [5.74, 6) is -0.715. The molecule has 0 unspecified atom stereocenters. The standard InChI is InChI=1S/C19H17N3O4/c1-26-17-8-13(5-6-16(17)15-10-21-22-11-15)18(23)20-9-12-3-2-4-14(7-12)19(24)25/h2-8,10-11H,9H2,1H3,(H,20,23)(H,21,22)(H,24,25). The van der Waals surface area contributed by atoms with Crippen molar-refractivity contribution < 1.29 is 19.4 Å². The van der Waals surface area contributed by atoms with Crippen molar-refractivity contribution in [2.45, 2.75) is 6.54 Å². The molecule has 3 N–H and O–H groups in total. The van der Waals surface area contributed by atoms with Crippen LogP contribution < -0.4 is 10.1 Å². The SMILES string of the molecule is COc1cc(C(=O)NCc2cccc(C(=O)O)c2)ccc1-c1cn[nH]c1. The number of aromatic carboxylic acids is 1. The highest BCUT2D eigenvalue weighted by Gasteiger charge is 2.12. The fraction of sp³-hybridized carbons (Fsp3) is 0.105. The maximum Gasteiger partial charge on any atom is 0.335 e. The second kappa shape index (κ2) is 7.52. The fourth-order valence-electron chi connectivity index (χ4n) is 2.57. The molecule has 0 spiro atoms. The third-order valence-electron chi connectivity index (χ3n) is 3.90. The second-order valence-electron chi connectivity index (χ2n) is 5.59. The molecule has 7 nitrogen and oxygen atoms in total. The number of nitrogens with one attached hydrogen (secondary N) is 2. The van der Waals surface area contributed by atoms with Crippen molar-refractivity contribution in [1.29, 1.82) is 0 Å². The number of ether oxygens (including phenoxy) is 1. The van der Waals surface area contributed by atoms with Crippen LogP contribution in [-0.4, -0.2) is 34.3 Å². The van der Waals surface area contributed by atoms with E-state index in [1.54, 1.807) is 42.7 Å². The average molecular weight is 351 g/mol. The number of benzene rings is 2. The number of aromatic amines is 1. The summed E-state index contributed by atoms with van der Waals surface area (Å²) in [5, 5.41) is 18.5. The van der Waals surface area contributed by atoms with Gasteiger partial charge in [0.15, 0.2) is 0 Å². The molecular weight excluding hydrogens is 334 g/mol. The highest BCUT2D eigenvalue weighted by Crippen LogP contribution is 2.30. The average Bonchev–Trinajstić information content (AvgIpc) is 3.20. The fourth-order valence-corrected chi connectivity index (χ4v) is 2.57. The molecule has 2 aromatic carbocycles. The Hall–Kier alpha value is -3.61. The third kappa shape index (κ3) is 3.72. The summed E-state index contributed by atoms with van der Waals surface area (Å²) in [7, 11) is 1.54. The Kier molecular flexibility index (Phi) is 4.98. The zero-order chi connectivity index (χ0) is 18.5. The van der Waals surface area contributed by atoms with E-state index in [4.69, 9.17) is 9.84 Å². The van der Waals surface area contributed by atoms with E-state index in [9.17, 15) is 9.59 Å². The molecular formula is C19H17N3O4. The topological polar surface area (TPSA) is 104 Å². The zero-order valence-electron chi connectivity index (χ0n) is 14.0. The quantitative estimate of drug-likeness (QED) is 0.633. The van der Waals surface area contributed by atoms with Crippen molar-refractivity contribution in [3.05, 3.63) is 71.5 Å². The zero-order valence-corrected chi connectivity index (χ0v) is 14.0. The summed E-state index contributed by atoms with van der Waals surface area (Å²) in [6, 6.07) is 11.6. The van der Waals surface area contributed by atoms with Crippen LogP contribution in [0.15, 0.2) is 54.9 Å². The summed E-state index contributed by atoms with van der Waals surface area (Å²) in [6.45, 7) is 0.228. The highest BCUT2D eigenvalue weighted by molar-refractivity contribution is 5.95. The number of methoxy groups -OCH3 is 1. The van der Waals surface area contributed by atoms with Crippen molar-refractivity contribution in [3.8, 4) is 16.9 Å². The predicted octanol–water partition coefficient (Wildman–Crippen LogP) is 2.71. The van der Waals surface area contributed by atoms with Crippen molar-refractivity contribution in [3.63, 3.8) is 0 Å². The van der Waals surface area contributed by atoms with E-state index in [2.05, 4.69) is 15.5 Å². The summed E-state index contributed by atoms with van der Waals surface area (Å²) in [5.41, 5.74) is 3.03. The molecule has 7 heteroatoms. The van der Waals surface area contributed by atoms with E-state index in [0.29, 0.717) is 16.9 Å². The number of H-pyrrole nitrogens is 1. The van der Waals surface area contributed by atoms with Crippen molar-refractivity contribution in [2.24, 2.45) is 0 Å². The minimum Gasteiger partial charge on any atom is -0.496 e. The summed E-state index contributed by atoms with van der Waals surface area (Å²) >= 11 is 0. The van der Waals surface area contributed by atoms with Crippen LogP contribution >= 0.6 is 0 Å². The lowest BCUT2D eigenvalue weighted by Crippen LogP contribution is -2.23. The lowest BCUT2D eigenvalue weighted by Gasteiger charge is -2.10. The second-order valence-corrected chi connectivity index (χ2v) is 5.59. The molecule has 0 fully saturated rings. The van der Waals surface area contributed by atoms with Gasteiger partial charge in [0.05, 0.1) is 18.9 Å². The molecule has 1 amide bonds. The van der Waals surface area contributed by atoms with Crippen LogP contribution in [-0.2, 0) is 6.54 Å². The van der Waals surface area contributed by atoms with Gasteiger partial charge in [0.25, 0.3) is 5.91 Å². The summed E-state index contributed by atoms with van der Waals surface area (Å²) < 4.78 is 5.38. The van der Waals surface area contributed by atoms with Gasteiger partial charge in [-0.2, -0.15) is 5.10 Å². The third-order valence-corrected chi connectivity index (χ3v) is 3.90. The Morgan fingerprint density at radius 1 is 1.19 bits per heavy atom. The molecule has 0 saturated carbocycles. The molecule has 0 atom stereocenters. The van der Waals surface area contributed by atoms with Crippen molar-refractivity contribution in [2.75, 3.05) is 7.11 Å². The number of hydrogen-bond acceptors (Lipinski definition) is 4. The smallest absolute Gasteiger partial charge is 0.335 e. The molecule has 3 aromatic rings. The molecule has 1 heterocycles. The van der Waals surface area contributed by atoms with E-state index >= 15 is 0 Å². The molecule has 0 aliphatic carbocycles. The Labute approximate surface area is 149 Å². The van der Waals surface area contributed by atoms with Gasteiger partial charge < -0.3 is 15.2 Å². The number of rotatable bonds is 6. The Morgan fingerprint density at radius 3 is 2.73 bits per heavy atom. The minimum atomic E-state index is -1.00. The minimum absolute atomic E-state index is 0.183. The molecule has 26 heavy (non-hydrogen) atoms. The van der Waals surface area contributed by atoms with Gasteiger partial charge in [0.1, 0.15) is 5.75 Å². The van der Waals surface area contributed by atoms with Crippen molar-refractivity contribution >= 4 is 11.9 Å². The molecule has 0 radical (unpaired) electrons. The number of nitrogens with zero attached hydrogens (tertiary/aromatic N) is 1. The normalized spacial score (nSPS) is 10.3. The Balaban J connectivity index is 1.74. The van der Waals surface area contributed by atoms with E-state index in [1.807, 2.05) is 0 Å². The van der Waals surface area contributed by atoms with Gasteiger partial charge in [-0.15, -0.1) is 0 Å². The van der Waals surface area contributed by atoms with Crippen LogP contribution in [0.5, 0.6) is 5.75 Å². The number of carbonyl (C=O) groups is 2. The Bertz CT molecular complexity index is 936. The molecule has 1 aromatic heterocycles. The van der Waals surface area contributed by atoms with Gasteiger partial charge in [-0.05, 0) is 35.9 Å². The number of amides is 1. The molecule has 132 valence electrons. The number of carboxylic acids is 1. The van der Waals surface area contributed by atoms with Gasteiger partial charge in [-0.3, -0.25) is 9.89 Å². The Morgan fingerprint density at radius 2 is 2.04 bits per heavy atom. The van der Waals surface area contributed by atoms with Gasteiger partial charge in [0, 0.05) is 29.4 Å². The molecule has 0 aliphatic heterocycles. The monoisotopic (exact) mass is 351 g/mol. The van der Waals surface area contributed by atoms with Gasteiger partial charge in [-0.1, -0.05) is 12.1 Å². The first-order chi connectivity index (χ1) is 12.6. The predicted molar refractivity (Wildman–Crippen MR) is 95.1 cm³/mol. The summed E-state index contributed by atoms with van der Waals surface area (Å²) in [6.07, 6.45) is 3.42. The van der Waals surface area contributed by atoms with Crippen LogP contribution in [0.4, 0.5) is 0 Å². The molecule has 0 saturated heterocycles. The lowest BCUT2D eigenvalue weighted by atomic mass is 10.0. The molecule has 0 bridgehead atoms. The number of carbonyl (C=O) groups excluding carboxylic acids is 1. The number of aromatic nitrogens is 2. The van der Waals surface area contributed by atoms with Crippen LogP contribution in [0.1, 0.15) is 26.3 Å². The van der Waals surface area contributed by atoms with Gasteiger partial charge in [0.2, 0.25) is 0 Å². The summed E-state index contributed by atoms with van der Waals surface area (Å²) in [4.78, 5) is 23.4. The molecule has 3 rings (SSSR count). The first kappa shape index (κ1) is 17.2. The van der Waals surface area contributed by atoms with E-state index in [-0.39, 0.29) is 18.0 Å². The van der Waals surface area contributed by atoms with Gasteiger partial charge >= 0.3 is 5.97 Å². The maximum absolute atomic E-state index is 12.4. The van der Waals surface area contributed by atoms with Gasteiger partial charge in [-0.25, -0.2) is 4.79 Å². The van der Waals surface area contributed by atoms with Crippen LogP contribution in [0.2, 0.25) is 0 Å². The lowest BCUT2D eigenvalue weighted by molar-refractivity contribution is 0.0696. The molecule has 0 aliphatic rings. The van der Waals surface area contributed by atoms with E-state index < -0.39 is 5.97 Å². The highest BCUT2D eigenvalue weighted by atomic mass is 16.5. The van der Waals surface area contributed by atoms with Crippen molar-refractivity contribution in [1.82, 2.24) is 15.5 Å². The largest absolute Gasteiger partial charge is 0.496 e. The van der Waals surface area contributed by atoms with E-state index in [1.165, 1.54) is 19.2 Å². The number of hydrogen-bond donors (Lipinski definition) is 3.